The Hall–Kier alpha value is 0. The van der Waals surface area contributed by atoms with E-state index in [-0.39, 0.29) is 0 Å². The van der Waals surface area contributed by atoms with Gasteiger partial charge in [-0.1, -0.05) is 76.0 Å². The van der Waals surface area contributed by atoms with Crippen LogP contribution in [0.3, 0.4) is 0 Å². The van der Waals surface area contributed by atoms with Gasteiger partial charge in [0.2, 0.25) is 0 Å². The zero-order chi connectivity index (χ0) is 14.1. The molecule has 0 saturated heterocycles. The molecule has 0 radical (unpaired) electrons. The lowest BCUT2D eigenvalue weighted by atomic mass is 9.75. The lowest BCUT2D eigenvalue weighted by Crippen LogP contribution is -2.20. The molecule has 0 heteroatoms. The van der Waals surface area contributed by atoms with Gasteiger partial charge < -0.3 is 6.42 Å². The Morgan fingerprint density at radius 3 is 2.33 bits per heavy atom. The molecule has 0 aromatic carbocycles. The van der Waals surface area contributed by atoms with Crippen molar-refractivity contribution in [1.82, 2.24) is 0 Å². The molecular weight excluding hydrogens is 252 g/mol. The molecule has 0 heterocycles. The van der Waals surface area contributed by atoms with E-state index in [1.54, 1.807) is 44.9 Å². The Bertz CT molecular complexity index is 301. The van der Waals surface area contributed by atoms with Gasteiger partial charge in [-0.2, -0.15) is 12.3 Å². The van der Waals surface area contributed by atoms with Crippen LogP contribution in [0, 0.1) is 41.9 Å². The topological polar surface area (TPSA) is 0 Å². The van der Waals surface area contributed by atoms with Crippen LogP contribution in [0.1, 0.15) is 89.9 Å². The van der Waals surface area contributed by atoms with E-state index in [9.17, 15) is 0 Å². The van der Waals surface area contributed by atoms with E-state index in [2.05, 4.69) is 6.42 Å². The Morgan fingerprint density at radius 2 is 1.43 bits per heavy atom. The summed E-state index contributed by atoms with van der Waals surface area (Å²) in [4.78, 5) is 0. The molecule has 4 aliphatic rings. The Kier molecular flexibility index (Phi) is 4.60. The van der Waals surface area contributed by atoms with E-state index < -0.39 is 0 Å². The molecule has 21 heavy (non-hydrogen) atoms. The van der Waals surface area contributed by atoms with Gasteiger partial charge in [0.15, 0.2) is 0 Å². The lowest BCUT2D eigenvalue weighted by molar-refractivity contribution is 0.203. The van der Waals surface area contributed by atoms with Crippen LogP contribution in [0.4, 0.5) is 0 Å². The Labute approximate surface area is 132 Å². The maximum absolute atomic E-state index is 2.73. The third-order valence-corrected chi connectivity index (χ3v) is 7.85. The molecule has 0 spiro atoms. The minimum atomic E-state index is 1.01. The summed E-state index contributed by atoms with van der Waals surface area (Å²) >= 11 is 0. The van der Waals surface area contributed by atoms with Crippen LogP contribution >= 0.6 is 0 Å². The van der Waals surface area contributed by atoms with Gasteiger partial charge in [0.05, 0.1) is 0 Å². The maximum atomic E-state index is 2.73. The monoisotopic (exact) mass is 287 g/mol. The van der Waals surface area contributed by atoms with Crippen molar-refractivity contribution in [3.63, 3.8) is 0 Å². The van der Waals surface area contributed by atoms with Crippen LogP contribution in [0.2, 0.25) is 0 Å². The van der Waals surface area contributed by atoms with E-state index in [4.69, 9.17) is 0 Å². The second-order valence-electron chi connectivity index (χ2n) is 8.82. The first-order valence-corrected chi connectivity index (χ1v) is 10.2. The van der Waals surface area contributed by atoms with Gasteiger partial charge in [-0.05, 0) is 37.0 Å². The Balaban J connectivity index is 1.23. The van der Waals surface area contributed by atoms with Crippen LogP contribution in [0.5, 0.6) is 0 Å². The van der Waals surface area contributed by atoms with Crippen LogP contribution < -0.4 is 0 Å². The van der Waals surface area contributed by atoms with Crippen LogP contribution in [0.15, 0.2) is 0 Å². The molecule has 4 aliphatic carbocycles. The van der Waals surface area contributed by atoms with Gasteiger partial charge in [0.25, 0.3) is 0 Å². The van der Waals surface area contributed by atoms with E-state index in [1.807, 2.05) is 0 Å². The molecule has 0 nitrogen and oxygen atoms in total. The second-order valence-corrected chi connectivity index (χ2v) is 8.82. The van der Waals surface area contributed by atoms with Gasteiger partial charge in [0, 0.05) is 0 Å². The number of rotatable bonds is 4. The van der Waals surface area contributed by atoms with Crippen LogP contribution in [0.25, 0.3) is 0 Å². The van der Waals surface area contributed by atoms with Crippen molar-refractivity contribution in [1.29, 1.82) is 0 Å². The maximum Gasteiger partial charge on any atom is -0.0357 e. The predicted octanol–water partition coefficient (Wildman–Crippen LogP) is 6.40. The molecule has 4 fully saturated rings. The molecule has 0 amide bonds. The fraction of sp³-hybridized carbons (Fsp3) is 0.952. The molecule has 0 aromatic rings. The SMILES string of the molecule is [CH-]1CC2CCCCC2C1CCCC1CCC2CCCCC21. The number of hydrogen-bond donors (Lipinski definition) is 0. The second kappa shape index (κ2) is 6.63. The van der Waals surface area contributed by atoms with Crippen molar-refractivity contribution in [2.24, 2.45) is 35.5 Å². The third-order valence-electron chi connectivity index (χ3n) is 7.85. The van der Waals surface area contributed by atoms with Gasteiger partial charge in [-0.15, -0.1) is 0 Å². The predicted molar refractivity (Wildman–Crippen MR) is 89.9 cm³/mol. The highest BCUT2D eigenvalue weighted by Crippen LogP contribution is 2.49. The number of fused-ring (bicyclic) bond motifs is 2. The summed E-state index contributed by atoms with van der Waals surface area (Å²) in [5.41, 5.74) is 0. The first kappa shape index (κ1) is 14.6. The molecule has 120 valence electrons. The average molecular weight is 288 g/mol. The fourth-order valence-corrected chi connectivity index (χ4v) is 6.78. The summed E-state index contributed by atoms with van der Waals surface area (Å²) in [7, 11) is 0. The summed E-state index contributed by atoms with van der Waals surface area (Å²) in [5, 5.41) is 0. The molecule has 0 aromatic heterocycles. The minimum Gasteiger partial charge on any atom is -0.325 e. The van der Waals surface area contributed by atoms with Crippen molar-refractivity contribution in [2.45, 2.75) is 89.9 Å². The van der Waals surface area contributed by atoms with Gasteiger partial charge >= 0.3 is 0 Å². The highest BCUT2D eigenvalue weighted by atomic mass is 14.4. The molecular formula is C21H35-. The van der Waals surface area contributed by atoms with Crippen molar-refractivity contribution < 1.29 is 0 Å². The lowest BCUT2D eigenvalue weighted by Gasteiger charge is -2.34. The molecule has 4 rings (SSSR count). The van der Waals surface area contributed by atoms with E-state index in [0.717, 1.165) is 35.5 Å². The summed E-state index contributed by atoms with van der Waals surface area (Å²) in [5.74, 6) is 6.62. The van der Waals surface area contributed by atoms with Crippen molar-refractivity contribution >= 4 is 0 Å². The van der Waals surface area contributed by atoms with Crippen LogP contribution in [-0.2, 0) is 0 Å². The average Bonchev–Trinajstić information content (AvgIpc) is 3.13. The Morgan fingerprint density at radius 1 is 0.667 bits per heavy atom. The highest BCUT2D eigenvalue weighted by molar-refractivity contribution is 4.97. The summed E-state index contributed by atoms with van der Waals surface area (Å²) in [6.45, 7) is 0. The minimum absolute atomic E-state index is 1.01. The molecule has 0 N–H and O–H groups in total. The first-order valence-electron chi connectivity index (χ1n) is 10.2. The summed E-state index contributed by atoms with van der Waals surface area (Å²) in [6.07, 6.45) is 24.4. The van der Waals surface area contributed by atoms with Gasteiger partial charge in [0.1, 0.15) is 0 Å². The normalized spacial score (nSPS) is 46.3. The van der Waals surface area contributed by atoms with Gasteiger partial charge in [-0.25, -0.2) is 0 Å². The van der Waals surface area contributed by atoms with Crippen molar-refractivity contribution in [3.8, 4) is 0 Å². The molecule has 4 saturated carbocycles. The number of hydrogen-bond acceptors (Lipinski definition) is 0. The molecule has 0 aliphatic heterocycles. The molecule has 6 unspecified atom stereocenters. The van der Waals surface area contributed by atoms with E-state index >= 15 is 0 Å². The smallest absolute Gasteiger partial charge is 0.0357 e. The van der Waals surface area contributed by atoms with Crippen LogP contribution in [-0.4, -0.2) is 0 Å². The zero-order valence-corrected chi connectivity index (χ0v) is 13.9. The molecule has 6 atom stereocenters. The largest absolute Gasteiger partial charge is 0.325 e. The van der Waals surface area contributed by atoms with E-state index in [0.29, 0.717) is 0 Å². The third kappa shape index (κ3) is 3.06. The standard InChI is InChI=1S/C21H35/c1-3-10-20-16(6-1)12-14-18(20)8-5-9-19-15-13-17-7-2-4-11-21(17)19/h14,16-21H,1-13,15H2/q-1. The van der Waals surface area contributed by atoms with Crippen molar-refractivity contribution in [2.75, 3.05) is 0 Å². The van der Waals surface area contributed by atoms with Crippen molar-refractivity contribution in [3.05, 3.63) is 6.42 Å². The zero-order valence-electron chi connectivity index (χ0n) is 13.9. The van der Waals surface area contributed by atoms with Gasteiger partial charge in [-0.3, -0.25) is 0 Å². The summed E-state index contributed by atoms with van der Waals surface area (Å²) in [6, 6.07) is 0. The first-order chi connectivity index (χ1) is 10.4. The highest BCUT2D eigenvalue weighted by Gasteiger charge is 2.37. The quantitative estimate of drug-likeness (QED) is 0.524. The van der Waals surface area contributed by atoms with E-state index in [1.165, 1.54) is 44.9 Å². The molecule has 0 bridgehead atoms. The summed E-state index contributed by atoms with van der Waals surface area (Å²) < 4.78 is 0. The fourth-order valence-electron chi connectivity index (χ4n) is 6.78.